The van der Waals surface area contributed by atoms with Crippen LogP contribution in [-0.4, -0.2) is 50.0 Å². The van der Waals surface area contributed by atoms with E-state index in [1.54, 1.807) is 0 Å². The highest BCUT2D eigenvalue weighted by molar-refractivity contribution is 9.10. The minimum Gasteiger partial charge on any atom is -0.352 e. The second-order valence-electron chi connectivity index (χ2n) is 9.38. The summed E-state index contributed by atoms with van der Waals surface area (Å²) in [7, 11) is -3.93. The lowest BCUT2D eigenvalue weighted by atomic mass is 10.0. The van der Waals surface area contributed by atoms with Crippen LogP contribution in [0.4, 0.5) is 5.69 Å². The Balaban J connectivity index is 2.07. The van der Waals surface area contributed by atoms with Crippen LogP contribution >= 0.6 is 39.1 Å². The number of hydrogen-bond acceptors (Lipinski definition) is 4. The van der Waals surface area contributed by atoms with Crippen LogP contribution in [0, 0.1) is 0 Å². The van der Waals surface area contributed by atoms with Crippen molar-refractivity contribution in [2.24, 2.45) is 0 Å². The molecule has 3 rings (SSSR count). The predicted molar refractivity (Wildman–Crippen MR) is 161 cm³/mol. The standard InChI is InChI=1S/C28H30BrCl2N3O4S/c1-19(2)32-28(36)26(15-20-7-5-4-6-8-20)33(17-21-9-11-22(29)12-10-21)27(35)18-34(39(3,37)38)25-14-13-23(30)16-24(25)31/h4-14,16,19,26H,15,17-18H2,1-3H3,(H,32,36)/t26-/m0/s1. The Bertz CT molecular complexity index is 1400. The van der Waals surface area contributed by atoms with Crippen LogP contribution in [0.5, 0.6) is 0 Å². The fraction of sp³-hybridized carbons (Fsp3) is 0.286. The second-order valence-corrected chi connectivity index (χ2v) is 13.0. The third-order valence-electron chi connectivity index (χ3n) is 5.83. The van der Waals surface area contributed by atoms with Crippen molar-refractivity contribution in [2.75, 3.05) is 17.1 Å². The van der Waals surface area contributed by atoms with Gasteiger partial charge in [0, 0.05) is 28.5 Å². The first-order valence-electron chi connectivity index (χ1n) is 12.2. The molecule has 1 N–H and O–H groups in total. The van der Waals surface area contributed by atoms with E-state index in [9.17, 15) is 18.0 Å². The first-order chi connectivity index (χ1) is 18.3. The van der Waals surface area contributed by atoms with Gasteiger partial charge < -0.3 is 10.2 Å². The number of rotatable bonds is 11. The SMILES string of the molecule is CC(C)NC(=O)[C@H](Cc1ccccc1)N(Cc1ccc(Br)cc1)C(=O)CN(c1ccc(Cl)cc1Cl)S(C)(=O)=O. The molecule has 1 atom stereocenters. The summed E-state index contributed by atoms with van der Waals surface area (Å²) in [4.78, 5) is 28.9. The van der Waals surface area contributed by atoms with Crippen molar-refractivity contribution < 1.29 is 18.0 Å². The number of amides is 2. The molecule has 2 amide bonds. The molecule has 0 bridgehead atoms. The van der Waals surface area contributed by atoms with Gasteiger partial charge in [-0.3, -0.25) is 13.9 Å². The minimum absolute atomic E-state index is 0.0820. The van der Waals surface area contributed by atoms with Gasteiger partial charge in [0.25, 0.3) is 0 Å². The van der Waals surface area contributed by atoms with E-state index in [0.717, 1.165) is 26.2 Å². The van der Waals surface area contributed by atoms with Gasteiger partial charge in [-0.15, -0.1) is 0 Å². The Hall–Kier alpha value is -2.59. The fourth-order valence-electron chi connectivity index (χ4n) is 4.00. The summed E-state index contributed by atoms with van der Waals surface area (Å²) >= 11 is 15.8. The smallest absolute Gasteiger partial charge is 0.244 e. The highest BCUT2D eigenvalue weighted by atomic mass is 79.9. The molecule has 0 aliphatic heterocycles. The average molecular weight is 655 g/mol. The number of nitrogens with one attached hydrogen (secondary N) is 1. The molecule has 0 unspecified atom stereocenters. The fourth-order valence-corrected chi connectivity index (χ4v) is 5.69. The van der Waals surface area contributed by atoms with Crippen molar-refractivity contribution in [3.63, 3.8) is 0 Å². The summed E-state index contributed by atoms with van der Waals surface area (Å²) < 4.78 is 27.5. The van der Waals surface area contributed by atoms with E-state index in [0.29, 0.717) is 5.02 Å². The van der Waals surface area contributed by atoms with Crippen LogP contribution in [0.15, 0.2) is 77.3 Å². The van der Waals surface area contributed by atoms with Gasteiger partial charge in [-0.25, -0.2) is 8.42 Å². The topological polar surface area (TPSA) is 86.8 Å². The molecule has 0 aliphatic rings. The Labute approximate surface area is 248 Å². The molecule has 208 valence electrons. The van der Waals surface area contributed by atoms with Gasteiger partial charge >= 0.3 is 0 Å². The van der Waals surface area contributed by atoms with Gasteiger partial charge in [-0.2, -0.15) is 0 Å². The maximum Gasteiger partial charge on any atom is 0.244 e. The van der Waals surface area contributed by atoms with Crippen LogP contribution in [0.25, 0.3) is 0 Å². The van der Waals surface area contributed by atoms with Crippen LogP contribution in [0.1, 0.15) is 25.0 Å². The van der Waals surface area contributed by atoms with E-state index in [1.165, 1.54) is 23.1 Å². The zero-order valence-corrected chi connectivity index (χ0v) is 25.7. The number of halogens is 3. The maximum absolute atomic E-state index is 14.0. The summed E-state index contributed by atoms with van der Waals surface area (Å²) in [6.07, 6.45) is 1.24. The summed E-state index contributed by atoms with van der Waals surface area (Å²) in [5.74, 6) is -0.899. The molecule has 0 aromatic heterocycles. The lowest BCUT2D eigenvalue weighted by Gasteiger charge is -2.34. The highest BCUT2D eigenvalue weighted by Crippen LogP contribution is 2.30. The normalized spacial score (nSPS) is 12.2. The summed E-state index contributed by atoms with van der Waals surface area (Å²) in [6, 6.07) is 20.0. The van der Waals surface area contributed by atoms with E-state index < -0.39 is 28.5 Å². The monoisotopic (exact) mass is 653 g/mol. The Morgan fingerprint density at radius 1 is 0.949 bits per heavy atom. The molecule has 0 fully saturated rings. The van der Waals surface area contributed by atoms with Crippen LogP contribution < -0.4 is 9.62 Å². The summed E-state index contributed by atoms with van der Waals surface area (Å²) in [5, 5.41) is 3.33. The van der Waals surface area contributed by atoms with Crippen molar-refractivity contribution in [2.45, 2.75) is 38.9 Å². The molecule has 0 spiro atoms. The molecule has 11 heteroatoms. The van der Waals surface area contributed by atoms with Crippen LogP contribution in [0.2, 0.25) is 10.0 Å². The molecule has 0 saturated heterocycles. The molecule has 0 aliphatic carbocycles. The Morgan fingerprint density at radius 3 is 2.15 bits per heavy atom. The van der Waals surface area contributed by atoms with Crippen molar-refractivity contribution in [3.05, 3.63) is 98.4 Å². The number of benzene rings is 3. The Morgan fingerprint density at radius 2 is 1.59 bits per heavy atom. The van der Waals surface area contributed by atoms with E-state index in [-0.39, 0.29) is 35.6 Å². The van der Waals surface area contributed by atoms with Crippen LogP contribution in [0.3, 0.4) is 0 Å². The first kappa shape index (κ1) is 30.9. The number of nitrogens with zero attached hydrogens (tertiary/aromatic N) is 2. The van der Waals surface area contributed by atoms with Gasteiger partial charge in [-0.05, 0) is 55.3 Å². The molecule has 0 radical (unpaired) electrons. The lowest BCUT2D eigenvalue weighted by molar-refractivity contribution is -0.140. The average Bonchev–Trinajstić information content (AvgIpc) is 2.85. The predicted octanol–water partition coefficient (Wildman–Crippen LogP) is 5.69. The number of anilines is 1. The molecule has 3 aromatic rings. The maximum atomic E-state index is 14.0. The number of hydrogen-bond donors (Lipinski definition) is 1. The molecule has 3 aromatic carbocycles. The van der Waals surface area contributed by atoms with Crippen molar-refractivity contribution in [1.82, 2.24) is 10.2 Å². The molecular formula is C28H30BrCl2N3O4S. The number of sulfonamides is 1. The summed E-state index contributed by atoms with van der Waals surface area (Å²) in [5.41, 5.74) is 1.75. The van der Waals surface area contributed by atoms with E-state index in [1.807, 2.05) is 68.4 Å². The first-order valence-corrected chi connectivity index (χ1v) is 15.6. The number of carbonyl (C=O) groups is 2. The van der Waals surface area contributed by atoms with E-state index in [4.69, 9.17) is 23.2 Å². The zero-order chi connectivity index (χ0) is 28.7. The molecule has 39 heavy (non-hydrogen) atoms. The second kappa shape index (κ2) is 13.7. The largest absolute Gasteiger partial charge is 0.352 e. The quantitative estimate of drug-likeness (QED) is 0.288. The van der Waals surface area contributed by atoms with E-state index >= 15 is 0 Å². The summed E-state index contributed by atoms with van der Waals surface area (Å²) in [6.45, 7) is 3.20. The van der Waals surface area contributed by atoms with Crippen molar-refractivity contribution >= 4 is 66.7 Å². The molecular weight excluding hydrogens is 625 g/mol. The van der Waals surface area contributed by atoms with Gasteiger partial charge in [-0.1, -0.05) is 81.6 Å². The number of carbonyl (C=O) groups excluding carboxylic acids is 2. The van der Waals surface area contributed by atoms with Crippen molar-refractivity contribution in [3.8, 4) is 0 Å². The van der Waals surface area contributed by atoms with Gasteiger partial charge in [0.2, 0.25) is 21.8 Å². The van der Waals surface area contributed by atoms with Crippen molar-refractivity contribution in [1.29, 1.82) is 0 Å². The van der Waals surface area contributed by atoms with E-state index in [2.05, 4.69) is 21.2 Å². The van der Waals surface area contributed by atoms with Gasteiger partial charge in [0.05, 0.1) is 17.0 Å². The minimum atomic E-state index is -3.93. The third-order valence-corrected chi connectivity index (χ3v) is 8.02. The highest BCUT2D eigenvalue weighted by Gasteiger charge is 2.33. The Kier molecular flexibility index (Phi) is 10.8. The van der Waals surface area contributed by atoms with Gasteiger partial charge in [0.15, 0.2) is 0 Å². The zero-order valence-electron chi connectivity index (χ0n) is 21.8. The molecule has 0 heterocycles. The lowest BCUT2D eigenvalue weighted by Crippen LogP contribution is -2.54. The third kappa shape index (κ3) is 8.96. The van der Waals surface area contributed by atoms with Gasteiger partial charge in [0.1, 0.15) is 12.6 Å². The molecule has 7 nitrogen and oxygen atoms in total. The van der Waals surface area contributed by atoms with Crippen LogP contribution in [-0.2, 0) is 32.6 Å². The molecule has 0 saturated carbocycles.